The molecule has 1 saturated heterocycles. The Labute approximate surface area is 312 Å². The second kappa shape index (κ2) is 21.0. The van der Waals surface area contributed by atoms with E-state index in [1.54, 1.807) is 42.8 Å². The Hall–Kier alpha value is -2.83. The molecule has 1 aliphatic heterocycles. The Morgan fingerprint density at radius 2 is 1.59 bits per heavy atom. The number of nitrogens with zero attached hydrogens (tertiary/aromatic N) is 4. The van der Waals surface area contributed by atoms with Crippen molar-refractivity contribution in [3.8, 4) is 5.75 Å². The van der Waals surface area contributed by atoms with Gasteiger partial charge in [0.25, 0.3) is 0 Å². The number of carbonyl (C=O) groups is 4. The van der Waals surface area contributed by atoms with E-state index < -0.39 is 18.2 Å². The Morgan fingerprint density at radius 3 is 2.06 bits per heavy atom. The molecule has 1 aromatic carbocycles. The van der Waals surface area contributed by atoms with Gasteiger partial charge in [-0.2, -0.15) is 11.8 Å². The third kappa shape index (κ3) is 11.6. The van der Waals surface area contributed by atoms with Gasteiger partial charge in [0, 0.05) is 50.6 Å². The molecule has 2 rings (SSSR count). The largest absolute Gasteiger partial charge is 0.497 e. The summed E-state index contributed by atoms with van der Waals surface area (Å²) in [5, 5.41) is 2.99. The molecule has 0 spiro atoms. The van der Waals surface area contributed by atoms with Crippen molar-refractivity contribution in [2.45, 2.75) is 116 Å². The zero-order valence-electron chi connectivity index (χ0n) is 33.6. The lowest BCUT2D eigenvalue weighted by Gasteiger charge is -2.41. The van der Waals surface area contributed by atoms with E-state index in [0.717, 1.165) is 30.7 Å². The molecule has 11 nitrogen and oxygen atoms in total. The van der Waals surface area contributed by atoms with Crippen molar-refractivity contribution in [3.05, 3.63) is 24.3 Å². The van der Waals surface area contributed by atoms with Crippen LogP contribution in [0.1, 0.15) is 80.6 Å². The third-order valence-electron chi connectivity index (χ3n) is 10.5. The summed E-state index contributed by atoms with van der Waals surface area (Å²) in [6.07, 6.45) is 4.32. The number of ether oxygens (including phenoxy) is 2. The van der Waals surface area contributed by atoms with Gasteiger partial charge in [-0.3, -0.25) is 24.1 Å². The quantitative estimate of drug-likeness (QED) is 0.196. The van der Waals surface area contributed by atoms with Gasteiger partial charge in [-0.25, -0.2) is 0 Å². The first-order valence-electron chi connectivity index (χ1n) is 18.6. The van der Waals surface area contributed by atoms with Gasteiger partial charge in [0.1, 0.15) is 11.8 Å². The lowest BCUT2D eigenvalue weighted by Crippen LogP contribution is -2.59. The van der Waals surface area contributed by atoms with E-state index in [1.807, 2.05) is 89.0 Å². The summed E-state index contributed by atoms with van der Waals surface area (Å²) in [5.74, 6) is 0.278. The van der Waals surface area contributed by atoms with Crippen LogP contribution in [0.15, 0.2) is 24.3 Å². The predicted molar refractivity (Wildman–Crippen MR) is 208 cm³/mol. The molecule has 1 N–H and O–H groups in total. The molecule has 0 radical (unpaired) electrons. The van der Waals surface area contributed by atoms with E-state index in [4.69, 9.17) is 9.47 Å². The number of carbonyl (C=O) groups excluding carboxylic acids is 4. The molecule has 1 fully saturated rings. The fourth-order valence-electron chi connectivity index (χ4n) is 7.54. The topological polar surface area (TPSA) is 112 Å². The number of likely N-dealkylation sites (N-methyl/N-ethyl adjacent to an activating group) is 2. The van der Waals surface area contributed by atoms with Crippen LogP contribution in [-0.4, -0.2) is 129 Å². The van der Waals surface area contributed by atoms with Gasteiger partial charge in [-0.15, -0.1) is 0 Å². The van der Waals surface area contributed by atoms with Crippen LogP contribution < -0.4 is 15.0 Å². The van der Waals surface area contributed by atoms with Gasteiger partial charge in [-0.1, -0.05) is 48.0 Å². The molecule has 7 unspecified atom stereocenters. The average molecular weight is 734 g/mol. The van der Waals surface area contributed by atoms with Crippen LogP contribution in [0.25, 0.3) is 0 Å². The molecule has 1 aromatic rings. The maximum atomic E-state index is 14.2. The molecule has 0 aromatic heterocycles. The number of hydrogen-bond donors (Lipinski definition) is 1. The van der Waals surface area contributed by atoms with Crippen LogP contribution in [0.2, 0.25) is 0 Å². The molecule has 7 atom stereocenters. The normalized spacial score (nSPS) is 18.3. The summed E-state index contributed by atoms with van der Waals surface area (Å²) in [5.41, 5.74) is 0.817. The van der Waals surface area contributed by atoms with Crippen LogP contribution in [0.5, 0.6) is 5.75 Å². The Balaban J connectivity index is 2.27. The minimum atomic E-state index is -0.730. The minimum absolute atomic E-state index is 0.0187. The highest BCUT2D eigenvalue weighted by Crippen LogP contribution is 2.32. The minimum Gasteiger partial charge on any atom is -0.497 e. The number of methoxy groups -OCH3 is 2. The van der Waals surface area contributed by atoms with E-state index >= 15 is 0 Å². The predicted octanol–water partition coefficient (Wildman–Crippen LogP) is 5.17. The molecule has 4 amide bonds. The molecule has 12 heteroatoms. The number of hydrogen-bond acceptors (Lipinski definition) is 8. The summed E-state index contributed by atoms with van der Waals surface area (Å²) < 4.78 is 11.3. The maximum Gasteiger partial charge on any atom is 0.245 e. The van der Waals surface area contributed by atoms with Crippen LogP contribution in [0.4, 0.5) is 5.69 Å². The van der Waals surface area contributed by atoms with Crippen LogP contribution in [0, 0.1) is 17.8 Å². The number of thioether (sulfide) groups is 1. The number of amides is 4. The molecular weight excluding hydrogens is 667 g/mol. The first-order valence-corrected chi connectivity index (χ1v) is 19.9. The first-order chi connectivity index (χ1) is 24.1. The van der Waals surface area contributed by atoms with Crippen molar-refractivity contribution in [1.82, 2.24) is 20.0 Å². The van der Waals surface area contributed by atoms with Crippen molar-refractivity contribution in [2.75, 3.05) is 59.6 Å². The first kappa shape index (κ1) is 44.3. The third-order valence-corrected chi connectivity index (χ3v) is 11.6. The van der Waals surface area contributed by atoms with Crippen molar-refractivity contribution in [1.29, 1.82) is 0 Å². The number of likely N-dealkylation sites (tertiary alicyclic amines) is 1. The van der Waals surface area contributed by atoms with Gasteiger partial charge < -0.3 is 29.5 Å². The molecule has 0 bridgehead atoms. The van der Waals surface area contributed by atoms with E-state index in [-0.39, 0.29) is 65.1 Å². The van der Waals surface area contributed by atoms with Gasteiger partial charge in [0.2, 0.25) is 23.6 Å². The zero-order chi connectivity index (χ0) is 38.6. The molecule has 1 aliphatic rings. The fraction of sp³-hybridized carbons (Fsp3) is 0.744. The second-order valence-electron chi connectivity index (χ2n) is 14.8. The Kier molecular flexibility index (Phi) is 18.3. The number of anilines is 1. The summed E-state index contributed by atoms with van der Waals surface area (Å²) in [7, 11) is 8.72. The van der Waals surface area contributed by atoms with Gasteiger partial charge in [-0.05, 0) is 82.1 Å². The second-order valence-corrected chi connectivity index (χ2v) is 15.9. The standard InChI is InChI=1S/C39H67N5O6S/c1-14-27(7)37(42(10)39(48)35(25(3)4)40-38(47)36(26(5)6)41(8)9)31(50-12)23-33(45)44-22-16-17-30(44)32(51-13)24-34(46)43(15-2)28-18-20-29(49-11)21-19-28/h18-21,25-27,30-32,35-37H,14-17,22-24H2,1-13H3,(H,40,47). The molecule has 51 heavy (non-hydrogen) atoms. The number of rotatable bonds is 20. The van der Waals surface area contributed by atoms with Crippen LogP contribution >= 0.6 is 11.8 Å². The molecule has 0 saturated carbocycles. The molecule has 1 heterocycles. The summed E-state index contributed by atoms with van der Waals surface area (Å²) in [6.45, 7) is 15.1. The number of benzene rings is 1. The van der Waals surface area contributed by atoms with Crippen molar-refractivity contribution in [2.24, 2.45) is 17.8 Å². The van der Waals surface area contributed by atoms with Crippen molar-refractivity contribution < 1.29 is 28.7 Å². The number of nitrogens with one attached hydrogen (secondary N) is 1. The lowest BCUT2D eigenvalue weighted by molar-refractivity contribution is -0.146. The molecule has 290 valence electrons. The summed E-state index contributed by atoms with van der Waals surface area (Å²) in [4.78, 5) is 62.7. The molecular formula is C39H67N5O6S. The van der Waals surface area contributed by atoms with E-state index in [0.29, 0.717) is 19.5 Å². The van der Waals surface area contributed by atoms with Crippen LogP contribution in [-0.2, 0) is 23.9 Å². The Morgan fingerprint density at radius 1 is 0.961 bits per heavy atom. The van der Waals surface area contributed by atoms with Gasteiger partial charge in [0.05, 0.1) is 31.7 Å². The zero-order valence-corrected chi connectivity index (χ0v) is 34.4. The summed E-state index contributed by atoms with van der Waals surface area (Å²) >= 11 is 1.63. The van der Waals surface area contributed by atoms with Gasteiger partial charge in [0.15, 0.2) is 0 Å². The fourth-order valence-corrected chi connectivity index (χ4v) is 8.44. The highest BCUT2D eigenvalue weighted by Gasteiger charge is 2.41. The van der Waals surface area contributed by atoms with E-state index in [2.05, 4.69) is 19.2 Å². The van der Waals surface area contributed by atoms with Crippen molar-refractivity contribution in [3.63, 3.8) is 0 Å². The highest BCUT2D eigenvalue weighted by molar-refractivity contribution is 7.99. The monoisotopic (exact) mass is 733 g/mol. The van der Waals surface area contributed by atoms with Crippen molar-refractivity contribution >= 4 is 41.1 Å². The van der Waals surface area contributed by atoms with Gasteiger partial charge >= 0.3 is 0 Å². The van der Waals surface area contributed by atoms with Crippen LogP contribution in [0.3, 0.4) is 0 Å². The van der Waals surface area contributed by atoms with E-state index in [9.17, 15) is 19.2 Å². The summed E-state index contributed by atoms with van der Waals surface area (Å²) in [6, 6.07) is 5.90. The Bertz CT molecular complexity index is 1250. The molecule has 0 aliphatic carbocycles. The average Bonchev–Trinajstić information content (AvgIpc) is 3.59. The SMILES string of the molecule is CCC(C)C(C(CC(=O)N1CCCC1C(CC(=O)N(CC)c1ccc(OC)cc1)SC)OC)N(C)C(=O)C(NC(=O)C(C(C)C)N(C)C)C(C)C. The van der Waals surface area contributed by atoms with E-state index in [1.165, 1.54) is 0 Å². The lowest BCUT2D eigenvalue weighted by atomic mass is 9.89. The highest BCUT2D eigenvalue weighted by atomic mass is 32.2. The smallest absolute Gasteiger partial charge is 0.245 e. The maximum absolute atomic E-state index is 14.2.